The Labute approximate surface area is 186 Å². The molecule has 2 aliphatic heterocycles. The average molecular weight is 437 g/mol. The Bertz CT molecular complexity index is 724. The fourth-order valence-corrected chi connectivity index (χ4v) is 6.29. The summed E-state index contributed by atoms with van der Waals surface area (Å²) < 4.78 is 17.9. The first-order chi connectivity index (χ1) is 14.4. The molecule has 1 saturated carbocycles. The van der Waals surface area contributed by atoms with Crippen LogP contribution in [0.2, 0.25) is 0 Å². The minimum atomic E-state index is -1.23. The molecule has 1 aliphatic carbocycles. The number of aliphatic hydroxyl groups excluding tert-OH is 1. The van der Waals surface area contributed by atoms with Gasteiger partial charge in [-0.25, -0.2) is 0 Å². The lowest BCUT2D eigenvalue weighted by Crippen LogP contribution is -2.75. The number of carbonyl (C=O) groups excluding carboxylic acids is 1. The van der Waals surface area contributed by atoms with Crippen LogP contribution in [0, 0.1) is 17.3 Å². The van der Waals surface area contributed by atoms with E-state index in [0.717, 1.165) is 18.4 Å². The highest BCUT2D eigenvalue weighted by molar-refractivity contribution is 5.38. The van der Waals surface area contributed by atoms with E-state index in [2.05, 4.69) is 26.5 Å². The number of allylic oxidation sites excluding steroid dienone is 1. The SMILES string of the molecule is C=CCC(OC=O)/C(C)=C/CCC1(C)C(C)COC2(C)C(O)C(O)(C(C)C)CC3OC312. The summed E-state index contributed by atoms with van der Waals surface area (Å²) in [7, 11) is 0. The summed E-state index contributed by atoms with van der Waals surface area (Å²) in [4.78, 5) is 10.8. The van der Waals surface area contributed by atoms with Crippen LogP contribution in [0.25, 0.3) is 0 Å². The smallest absolute Gasteiger partial charge is 0.293 e. The molecule has 6 nitrogen and oxygen atoms in total. The van der Waals surface area contributed by atoms with Gasteiger partial charge in [-0.15, -0.1) is 6.58 Å². The molecule has 8 atom stereocenters. The van der Waals surface area contributed by atoms with Gasteiger partial charge in [-0.2, -0.15) is 0 Å². The number of carbonyl (C=O) groups is 1. The van der Waals surface area contributed by atoms with Gasteiger partial charge in [0.2, 0.25) is 0 Å². The zero-order valence-electron chi connectivity index (χ0n) is 19.9. The lowest BCUT2D eigenvalue weighted by Gasteiger charge is -2.60. The number of hydrogen-bond acceptors (Lipinski definition) is 6. The van der Waals surface area contributed by atoms with Gasteiger partial charge in [0.15, 0.2) is 0 Å². The van der Waals surface area contributed by atoms with Crippen molar-refractivity contribution in [1.82, 2.24) is 0 Å². The molecule has 0 bridgehead atoms. The van der Waals surface area contributed by atoms with Crippen LogP contribution in [0.15, 0.2) is 24.3 Å². The maximum atomic E-state index is 11.3. The Morgan fingerprint density at radius 2 is 2.03 bits per heavy atom. The van der Waals surface area contributed by atoms with Gasteiger partial charge < -0.3 is 24.4 Å². The van der Waals surface area contributed by atoms with E-state index in [9.17, 15) is 15.0 Å². The minimum absolute atomic E-state index is 0.110. The van der Waals surface area contributed by atoms with E-state index in [1.54, 1.807) is 6.08 Å². The maximum Gasteiger partial charge on any atom is 0.293 e. The van der Waals surface area contributed by atoms with Gasteiger partial charge in [0.05, 0.1) is 18.3 Å². The van der Waals surface area contributed by atoms with Crippen molar-refractivity contribution in [2.24, 2.45) is 17.3 Å². The molecule has 0 aromatic rings. The Hall–Kier alpha value is -1.21. The third-order valence-electron chi connectivity index (χ3n) is 8.78. The van der Waals surface area contributed by atoms with Crippen molar-refractivity contribution >= 4 is 6.47 Å². The lowest BCUT2D eigenvalue weighted by atomic mass is 9.51. The third kappa shape index (κ3) is 3.41. The van der Waals surface area contributed by atoms with Crippen molar-refractivity contribution in [2.45, 2.75) is 102 Å². The molecule has 0 amide bonds. The maximum absolute atomic E-state index is 11.3. The van der Waals surface area contributed by atoms with Crippen molar-refractivity contribution in [1.29, 1.82) is 0 Å². The molecule has 2 N–H and O–H groups in total. The number of rotatable bonds is 9. The predicted octanol–water partition coefficient (Wildman–Crippen LogP) is 3.55. The molecule has 3 fully saturated rings. The van der Waals surface area contributed by atoms with Crippen LogP contribution in [-0.2, 0) is 19.0 Å². The summed E-state index contributed by atoms with van der Waals surface area (Å²) in [6, 6.07) is 0. The van der Waals surface area contributed by atoms with Crippen LogP contribution in [0.1, 0.15) is 67.2 Å². The van der Waals surface area contributed by atoms with Gasteiger partial charge >= 0.3 is 0 Å². The minimum Gasteiger partial charge on any atom is -0.460 e. The number of aliphatic hydroxyl groups is 2. The van der Waals surface area contributed by atoms with Gasteiger partial charge in [-0.1, -0.05) is 39.8 Å². The van der Waals surface area contributed by atoms with Gasteiger partial charge in [-0.05, 0) is 44.1 Å². The van der Waals surface area contributed by atoms with E-state index in [0.29, 0.717) is 25.9 Å². The summed E-state index contributed by atoms with van der Waals surface area (Å²) in [5.74, 6) is 0.118. The molecule has 3 aliphatic rings. The van der Waals surface area contributed by atoms with E-state index in [-0.39, 0.29) is 29.5 Å². The topological polar surface area (TPSA) is 88.5 Å². The van der Waals surface area contributed by atoms with E-state index < -0.39 is 22.9 Å². The summed E-state index contributed by atoms with van der Waals surface area (Å²) in [6.45, 7) is 16.9. The molecule has 3 rings (SSSR count). The lowest BCUT2D eigenvalue weighted by molar-refractivity contribution is -0.286. The quantitative estimate of drug-likeness (QED) is 0.326. The number of ether oxygens (including phenoxy) is 3. The third-order valence-corrected chi connectivity index (χ3v) is 8.78. The van der Waals surface area contributed by atoms with Crippen molar-refractivity contribution < 1.29 is 29.2 Å². The van der Waals surface area contributed by atoms with Crippen LogP contribution in [0.5, 0.6) is 0 Å². The van der Waals surface area contributed by atoms with Crippen molar-refractivity contribution in [2.75, 3.05) is 6.61 Å². The molecule has 2 heterocycles. The molecule has 31 heavy (non-hydrogen) atoms. The largest absolute Gasteiger partial charge is 0.460 e. The monoisotopic (exact) mass is 436 g/mol. The van der Waals surface area contributed by atoms with Crippen molar-refractivity contribution in [3.8, 4) is 0 Å². The highest BCUT2D eigenvalue weighted by Gasteiger charge is 2.84. The fraction of sp³-hybridized carbons (Fsp3) is 0.800. The van der Waals surface area contributed by atoms with E-state index in [1.165, 1.54) is 0 Å². The molecule has 8 unspecified atom stereocenters. The highest BCUT2D eigenvalue weighted by atomic mass is 16.7. The first-order valence-corrected chi connectivity index (χ1v) is 11.5. The van der Waals surface area contributed by atoms with E-state index in [4.69, 9.17) is 14.2 Å². The number of hydrogen-bond donors (Lipinski definition) is 2. The number of epoxide rings is 1. The van der Waals surface area contributed by atoms with Gasteiger partial charge in [0.1, 0.15) is 23.4 Å². The summed E-state index contributed by atoms with van der Waals surface area (Å²) in [5.41, 5.74) is -2.07. The van der Waals surface area contributed by atoms with E-state index in [1.807, 2.05) is 27.7 Å². The standard InChI is InChI=1S/C25H40O6/c1-8-10-19(29-15-26)17(4)11-9-12-22(6)18(5)14-30-23(7)21(27)24(28,16(2)3)13-20-25(22,23)31-20/h8,11,15-16,18-21,27-28H,1,9-10,12-14H2,2-7H3/b17-11+. The molecular weight excluding hydrogens is 396 g/mol. The summed E-state index contributed by atoms with van der Waals surface area (Å²) in [5, 5.41) is 22.6. The Balaban J connectivity index is 1.85. The molecule has 176 valence electrons. The molecule has 2 saturated heterocycles. The van der Waals surface area contributed by atoms with Gasteiger partial charge in [-0.3, -0.25) is 4.79 Å². The Kier molecular flexibility index (Phi) is 6.53. The van der Waals surface area contributed by atoms with Crippen LogP contribution >= 0.6 is 0 Å². The predicted molar refractivity (Wildman–Crippen MR) is 118 cm³/mol. The van der Waals surface area contributed by atoms with E-state index >= 15 is 0 Å². The van der Waals surface area contributed by atoms with Gasteiger partial charge in [0.25, 0.3) is 6.47 Å². The van der Waals surface area contributed by atoms with Crippen LogP contribution < -0.4 is 0 Å². The second-order valence-corrected chi connectivity index (χ2v) is 10.6. The molecule has 6 heteroatoms. The second-order valence-electron chi connectivity index (χ2n) is 10.6. The average Bonchev–Trinajstić information content (AvgIpc) is 3.45. The van der Waals surface area contributed by atoms with Gasteiger partial charge in [0, 0.05) is 18.3 Å². The molecular formula is C25H40O6. The van der Waals surface area contributed by atoms with Crippen molar-refractivity contribution in [3.63, 3.8) is 0 Å². The van der Waals surface area contributed by atoms with Crippen molar-refractivity contribution in [3.05, 3.63) is 24.3 Å². The first kappa shape index (κ1) is 24.4. The van der Waals surface area contributed by atoms with Crippen LogP contribution in [-0.4, -0.2) is 58.4 Å². The molecule has 0 aromatic carbocycles. The summed E-state index contributed by atoms with van der Waals surface area (Å²) in [6.07, 6.45) is 5.04. The molecule has 1 spiro atoms. The molecule has 0 radical (unpaired) electrons. The Morgan fingerprint density at radius 1 is 1.35 bits per heavy atom. The Morgan fingerprint density at radius 3 is 2.61 bits per heavy atom. The zero-order valence-corrected chi connectivity index (χ0v) is 19.9. The normalized spacial score (nSPS) is 45.5. The summed E-state index contributed by atoms with van der Waals surface area (Å²) >= 11 is 0. The zero-order chi connectivity index (χ0) is 23.2. The second kappa shape index (κ2) is 8.29. The van der Waals surface area contributed by atoms with Crippen LogP contribution in [0.3, 0.4) is 0 Å². The van der Waals surface area contributed by atoms with Crippen LogP contribution in [0.4, 0.5) is 0 Å². The fourth-order valence-electron chi connectivity index (χ4n) is 6.29. The first-order valence-electron chi connectivity index (χ1n) is 11.5. The molecule has 0 aromatic heterocycles. The highest BCUT2D eigenvalue weighted by Crippen LogP contribution is 2.70.